The Bertz CT molecular complexity index is 826. The number of aromatic carboxylic acids is 1. The number of amides is 2. The number of H-pyrrole nitrogens is 1. The lowest BCUT2D eigenvalue weighted by molar-refractivity contribution is 0.0689. The monoisotopic (exact) mass is 389 g/mol. The fourth-order valence-electron chi connectivity index (χ4n) is 5.01. The quantitative estimate of drug-likeness (QED) is 0.537. The molecule has 2 heterocycles. The zero-order valence-corrected chi connectivity index (χ0v) is 16.5. The number of aromatic amines is 1. The van der Waals surface area contributed by atoms with Gasteiger partial charge in [0, 0.05) is 18.2 Å². The largest absolute Gasteiger partial charge is 0.476 e. The Morgan fingerprint density at radius 2 is 2.14 bits per heavy atom. The molecule has 1 aromatic heterocycles. The lowest BCUT2D eigenvalue weighted by atomic mass is 9.62. The molecule has 28 heavy (non-hydrogen) atoms. The fraction of sp³-hybridized carbons (Fsp3) is 0.684. The number of nitrogens with one attached hydrogen (secondary N) is 2. The number of hydrogen-bond acceptors (Lipinski definition) is 5. The van der Waals surface area contributed by atoms with E-state index in [0.717, 1.165) is 19.3 Å². The van der Waals surface area contributed by atoms with Crippen molar-refractivity contribution in [2.45, 2.75) is 59.0 Å². The van der Waals surface area contributed by atoms with E-state index in [1.165, 1.54) is 0 Å². The molecule has 1 aromatic rings. The molecule has 1 saturated carbocycles. The Balaban J connectivity index is 1.67. The van der Waals surface area contributed by atoms with Crippen LogP contribution in [0.15, 0.2) is 4.99 Å². The van der Waals surface area contributed by atoms with Gasteiger partial charge in [-0.1, -0.05) is 20.8 Å². The highest BCUT2D eigenvalue weighted by atomic mass is 16.4. The van der Waals surface area contributed by atoms with Crippen LogP contribution in [-0.2, 0) is 17.8 Å². The highest BCUT2D eigenvalue weighted by Crippen LogP contribution is 2.46. The summed E-state index contributed by atoms with van der Waals surface area (Å²) in [5.74, 6) is -1.06. The Morgan fingerprint density at radius 3 is 2.82 bits per heavy atom. The average Bonchev–Trinajstić information content (AvgIpc) is 3.01. The predicted molar refractivity (Wildman–Crippen MR) is 101 cm³/mol. The number of urea groups is 1. The molecule has 0 saturated heterocycles. The molecule has 0 aromatic carbocycles. The minimum atomic E-state index is -1.06. The second-order valence-electron chi connectivity index (χ2n) is 9.12. The molecule has 2 amide bonds. The molecule has 3 rings (SSSR count). The number of carbonyl (C=O) groups is 2. The number of rotatable bonds is 4. The Kier molecular flexibility index (Phi) is 5.30. The number of aromatic nitrogens is 2. The van der Waals surface area contributed by atoms with Crippen molar-refractivity contribution in [2.75, 3.05) is 13.1 Å². The topological polar surface area (TPSA) is 128 Å². The van der Waals surface area contributed by atoms with E-state index in [2.05, 4.69) is 41.3 Å². The van der Waals surface area contributed by atoms with Crippen LogP contribution >= 0.6 is 0 Å². The van der Waals surface area contributed by atoms with Gasteiger partial charge in [0.25, 0.3) is 0 Å². The molecule has 9 heteroatoms. The minimum Gasteiger partial charge on any atom is -0.476 e. The maximum Gasteiger partial charge on any atom is 0.356 e. The molecule has 9 nitrogen and oxygen atoms in total. The zero-order valence-electron chi connectivity index (χ0n) is 16.5. The summed E-state index contributed by atoms with van der Waals surface area (Å²) in [6, 6.07) is -0.179. The molecular weight excluding hydrogens is 362 g/mol. The number of carbonyl (C=O) groups excluding carboxylic acids is 2. The smallest absolute Gasteiger partial charge is 0.356 e. The van der Waals surface area contributed by atoms with Gasteiger partial charge in [0.05, 0.1) is 18.8 Å². The van der Waals surface area contributed by atoms with Crippen molar-refractivity contribution in [2.24, 2.45) is 15.8 Å². The maximum absolute atomic E-state index is 12.8. The molecule has 1 aliphatic heterocycles. The molecule has 2 atom stereocenters. The van der Waals surface area contributed by atoms with Gasteiger partial charge in [-0.15, -0.1) is 0 Å². The van der Waals surface area contributed by atoms with Gasteiger partial charge in [-0.2, -0.15) is 5.10 Å². The van der Waals surface area contributed by atoms with Crippen LogP contribution in [0.25, 0.3) is 0 Å². The van der Waals surface area contributed by atoms with Gasteiger partial charge < -0.3 is 15.3 Å². The van der Waals surface area contributed by atoms with Gasteiger partial charge in [-0.3, -0.25) is 5.10 Å². The zero-order chi connectivity index (χ0) is 20.5. The molecule has 0 radical (unpaired) electrons. The third-order valence-electron chi connectivity index (χ3n) is 5.72. The number of hydrogen-bond donors (Lipinski definition) is 3. The van der Waals surface area contributed by atoms with Crippen molar-refractivity contribution in [1.29, 1.82) is 0 Å². The summed E-state index contributed by atoms with van der Waals surface area (Å²) >= 11 is 0. The van der Waals surface area contributed by atoms with Crippen LogP contribution in [-0.4, -0.2) is 57.4 Å². The first-order valence-corrected chi connectivity index (χ1v) is 9.51. The summed E-state index contributed by atoms with van der Waals surface area (Å²) in [6.07, 6.45) is 4.61. The fourth-order valence-corrected chi connectivity index (χ4v) is 5.01. The van der Waals surface area contributed by atoms with Crippen LogP contribution in [0.1, 0.15) is 61.8 Å². The predicted octanol–water partition coefficient (Wildman–Crippen LogP) is 2.10. The van der Waals surface area contributed by atoms with Gasteiger partial charge >= 0.3 is 12.0 Å². The molecule has 152 valence electrons. The van der Waals surface area contributed by atoms with Gasteiger partial charge in [0.1, 0.15) is 0 Å². The first kappa shape index (κ1) is 20.1. The second-order valence-corrected chi connectivity index (χ2v) is 9.12. The van der Waals surface area contributed by atoms with Crippen LogP contribution in [0.2, 0.25) is 0 Å². The number of nitrogens with zero attached hydrogens (tertiary/aromatic N) is 3. The lowest BCUT2D eigenvalue weighted by Crippen LogP contribution is -2.52. The summed E-state index contributed by atoms with van der Waals surface area (Å²) in [5.41, 5.74) is 1.25. The standard InChI is InChI=1S/C19H27N5O4/c1-18(2)6-12(7-19(3,9-18)10-20-11-25)21-17(28)24-5-4-13-14(8-24)22-23-15(13)16(26)27/h12H,4-10H2,1-3H3,(H,21,28)(H,22,23)(H,26,27). The number of aliphatic imine (C=N–C) groups is 1. The molecule has 0 spiro atoms. The van der Waals surface area contributed by atoms with Crippen molar-refractivity contribution < 1.29 is 19.5 Å². The molecule has 2 unspecified atom stereocenters. The third-order valence-corrected chi connectivity index (χ3v) is 5.72. The molecule has 1 aliphatic carbocycles. The van der Waals surface area contributed by atoms with Crippen LogP contribution in [0, 0.1) is 10.8 Å². The number of carboxylic acids is 1. The Labute approximate surface area is 163 Å². The first-order chi connectivity index (χ1) is 13.1. The van der Waals surface area contributed by atoms with E-state index in [1.54, 1.807) is 11.0 Å². The van der Waals surface area contributed by atoms with Crippen LogP contribution in [0.3, 0.4) is 0 Å². The van der Waals surface area contributed by atoms with Crippen molar-refractivity contribution in [3.05, 3.63) is 17.0 Å². The maximum atomic E-state index is 12.8. The molecule has 0 bridgehead atoms. The van der Waals surface area contributed by atoms with Crippen molar-refractivity contribution >= 4 is 18.1 Å². The van der Waals surface area contributed by atoms with Crippen molar-refractivity contribution in [3.63, 3.8) is 0 Å². The number of carboxylic acid groups (broad SMARTS) is 1. The van der Waals surface area contributed by atoms with E-state index >= 15 is 0 Å². The molecule has 2 aliphatic rings. The highest BCUT2D eigenvalue weighted by molar-refractivity contribution is 5.87. The van der Waals surface area contributed by atoms with Gasteiger partial charge in [-0.05, 0) is 36.5 Å². The summed E-state index contributed by atoms with van der Waals surface area (Å²) in [4.78, 5) is 40.0. The molecule has 1 fully saturated rings. The van der Waals surface area contributed by atoms with E-state index in [-0.39, 0.29) is 28.6 Å². The summed E-state index contributed by atoms with van der Waals surface area (Å²) in [5, 5.41) is 18.9. The van der Waals surface area contributed by atoms with Crippen molar-refractivity contribution in [3.8, 4) is 0 Å². The Hall–Kier alpha value is -2.67. The first-order valence-electron chi connectivity index (χ1n) is 9.51. The molecule has 3 N–H and O–H groups in total. The number of fused-ring (bicyclic) bond motifs is 1. The van der Waals surface area contributed by atoms with Gasteiger partial charge in [0.2, 0.25) is 6.08 Å². The Morgan fingerprint density at radius 1 is 1.39 bits per heavy atom. The summed E-state index contributed by atoms with van der Waals surface area (Å²) in [6.45, 7) is 7.59. The van der Waals surface area contributed by atoms with Crippen LogP contribution < -0.4 is 5.32 Å². The molecular formula is C19H27N5O4. The number of isocyanates is 1. The van der Waals surface area contributed by atoms with E-state index in [0.29, 0.717) is 37.3 Å². The second kappa shape index (κ2) is 7.39. The average molecular weight is 389 g/mol. The van der Waals surface area contributed by atoms with E-state index in [9.17, 15) is 19.5 Å². The third kappa shape index (κ3) is 4.25. The van der Waals surface area contributed by atoms with Crippen LogP contribution in [0.4, 0.5) is 4.79 Å². The van der Waals surface area contributed by atoms with E-state index in [1.807, 2.05) is 0 Å². The van der Waals surface area contributed by atoms with E-state index < -0.39 is 5.97 Å². The highest BCUT2D eigenvalue weighted by Gasteiger charge is 2.42. The minimum absolute atomic E-state index is 0.0131. The lowest BCUT2D eigenvalue weighted by Gasteiger charge is -2.46. The van der Waals surface area contributed by atoms with Gasteiger partial charge in [0.15, 0.2) is 5.69 Å². The SMILES string of the molecule is CC1(C)CC(NC(=O)N2CCc3c(C(=O)O)n[nH]c3C2)CC(C)(CN=C=O)C1. The normalized spacial score (nSPS) is 26.1. The van der Waals surface area contributed by atoms with Gasteiger partial charge in [-0.25, -0.2) is 19.4 Å². The van der Waals surface area contributed by atoms with Crippen LogP contribution in [0.5, 0.6) is 0 Å². The van der Waals surface area contributed by atoms with Crippen molar-refractivity contribution in [1.82, 2.24) is 20.4 Å². The summed E-state index contributed by atoms with van der Waals surface area (Å²) in [7, 11) is 0. The summed E-state index contributed by atoms with van der Waals surface area (Å²) < 4.78 is 0. The van der Waals surface area contributed by atoms with E-state index in [4.69, 9.17) is 0 Å².